The number of carboxylic acid groups (broad SMARTS) is 1. The molecule has 2 rings (SSSR count). The van der Waals surface area contributed by atoms with Gasteiger partial charge in [-0.2, -0.15) is 0 Å². The van der Waals surface area contributed by atoms with Gasteiger partial charge in [-0.3, -0.25) is 9.59 Å². The van der Waals surface area contributed by atoms with Crippen LogP contribution >= 0.6 is 0 Å². The summed E-state index contributed by atoms with van der Waals surface area (Å²) < 4.78 is 1.88. The number of carbonyl (C=O) groups is 2. The second kappa shape index (κ2) is 6.36. The van der Waals surface area contributed by atoms with E-state index in [0.717, 1.165) is 0 Å². The maximum atomic E-state index is 12.2. The molecule has 2 N–H and O–H groups in total. The summed E-state index contributed by atoms with van der Waals surface area (Å²) in [7, 11) is 0. The van der Waals surface area contributed by atoms with Crippen LogP contribution in [0.3, 0.4) is 0 Å². The average molecular weight is 277 g/mol. The zero-order valence-electron chi connectivity index (χ0n) is 11.4. The van der Waals surface area contributed by atoms with Crippen molar-refractivity contribution in [1.29, 1.82) is 0 Å². The molecule has 0 fully saturated rings. The highest BCUT2D eigenvalue weighted by atomic mass is 16.4. The van der Waals surface area contributed by atoms with Crippen molar-refractivity contribution >= 4 is 11.9 Å². The molecule has 0 saturated carbocycles. The molecule has 3 unspecified atom stereocenters. The molecule has 1 heterocycles. The monoisotopic (exact) mass is 277 g/mol. The van der Waals surface area contributed by atoms with E-state index in [-0.39, 0.29) is 11.9 Å². The Morgan fingerprint density at radius 2 is 2.10 bits per heavy atom. The van der Waals surface area contributed by atoms with Crippen LogP contribution in [0.4, 0.5) is 0 Å². The van der Waals surface area contributed by atoms with E-state index in [1.54, 1.807) is 12.5 Å². The number of carbonyl (C=O) groups excluding carboxylic acids is 1. The normalized spacial score (nSPS) is 23.2. The largest absolute Gasteiger partial charge is 0.481 e. The predicted octanol–water partition coefficient (Wildman–Crippen LogP) is 1.05. The summed E-state index contributed by atoms with van der Waals surface area (Å²) in [6, 6.07) is -0.0722. The van der Waals surface area contributed by atoms with E-state index >= 15 is 0 Å². The number of nitrogens with one attached hydrogen (secondary N) is 1. The average Bonchev–Trinajstić information content (AvgIpc) is 2.91. The lowest BCUT2D eigenvalue weighted by Gasteiger charge is -2.26. The molecule has 0 aromatic carbocycles. The summed E-state index contributed by atoms with van der Waals surface area (Å²) in [6.07, 6.45) is 9.81. The fourth-order valence-electron chi connectivity index (χ4n) is 2.48. The smallest absolute Gasteiger partial charge is 0.307 e. The highest BCUT2D eigenvalue weighted by Crippen LogP contribution is 2.26. The molecule has 108 valence electrons. The number of carboxylic acids is 1. The van der Waals surface area contributed by atoms with Crippen molar-refractivity contribution in [2.24, 2.45) is 11.8 Å². The lowest BCUT2D eigenvalue weighted by atomic mass is 9.82. The lowest BCUT2D eigenvalue weighted by Crippen LogP contribution is -2.43. The predicted molar refractivity (Wildman–Crippen MR) is 72.8 cm³/mol. The summed E-state index contributed by atoms with van der Waals surface area (Å²) >= 11 is 0. The Bertz CT molecular complexity index is 496. The van der Waals surface area contributed by atoms with Crippen LogP contribution in [0.5, 0.6) is 0 Å². The SMILES string of the molecule is CC(Cn1ccnc1)NC(=O)C1CC=CCC1C(=O)O. The zero-order chi connectivity index (χ0) is 14.5. The van der Waals surface area contributed by atoms with Crippen molar-refractivity contribution in [3.63, 3.8) is 0 Å². The number of hydrogen-bond acceptors (Lipinski definition) is 3. The Labute approximate surface area is 117 Å². The van der Waals surface area contributed by atoms with Gasteiger partial charge in [-0.25, -0.2) is 4.98 Å². The van der Waals surface area contributed by atoms with Crippen molar-refractivity contribution in [3.05, 3.63) is 30.9 Å². The summed E-state index contributed by atoms with van der Waals surface area (Å²) in [5, 5.41) is 12.1. The van der Waals surface area contributed by atoms with Crippen LogP contribution in [0.15, 0.2) is 30.9 Å². The first-order valence-corrected chi connectivity index (χ1v) is 6.72. The quantitative estimate of drug-likeness (QED) is 0.788. The van der Waals surface area contributed by atoms with E-state index in [2.05, 4.69) is 10.3 Å². The van der Waals surface area contributed by atoms with E-state index in [4.69, 9.17) is 0 Å². The molecule has 6 nitrogen and oxygen atoms in total. The third-order valence-electron chi connectivity index (χ3n) is 3.52. The number of allylic oxidation sites excluding steroid dienone is 2. The van der Waals surface area contributed by atoms with Crippen molar-refractivity contribution in [2.45, 2.75) is 32.4 Å². The number of aliphatic carboxylic acids is 1. The summed E-state index contributed by atoms with van der Waals surface area (Å²) in [5.74, 6) is -2.20. The number of nitrogens with zero attached hydrogens (tertiary/aromatic N) is 2. The van der Waals surface area contributed by atoms with Gasteiger partial charge in [-0.15, -0.1) is 0 Å². The van der Waals surface area contributed by atoms with Crippen molar-refractivity contribution in [2.75, 3.05) is 0 Å². The molecular formula is C14H19N3O3. The van der Waals surface area contributed by atoms with Crippen LogP contribution < -0.4 is 5.32 Å². The van der Waals surface area contributed by atoms with Crippen LogP contribution in [0.2, 0.25) is 0 Å². The minimum Gasteiger partial charge on any atom is -0.481 e. The Kier molecular flexibility index (Phi) is 4.55. The van der Waals surface area contributed by atoms with E-state index < -0.39 is 17.8 Å². The van der Waals surface area contributed by atoms with E-state index in [9.17, 15) is 14.7 Å². The first-order valence-electron chi connectivity index (χ1n) is 6.72. The minimum atomic E-state index is -0.906. The van der Waals surface area contributed by atoms with Gasteiger partial charge in [0.05, 0.1) is 18.2 Å². The number of aromatic nitrogens is 2. The Morgan fingerprint density at radius 3 is 2.70 bits per heavy atom. The lowest BCUT2D eigenvalue weighted by molar-refractivity contribution is -0.147. The molecule has 1 aromatic heterocycles. The topological polar surface area (TPSA) is 84.2 Å². The molecule has 20 heavy (non-hydrogen) atoms. The summed E-state index contributed by atoms with van der Waals surface area (Å²) in [5.41, 5.74) is 0. The van der Waals surface area contributed by atoms with Crippen LogP contribution in [-0.2, 0) is 16.1 Å². The van der Waals surface area contributed by atoms with Gasteiger partial charge in [0.1, 0.15) is 0 Å². The molecule has 1 aliphatic carbocycles. The molecule has 0 bridgehead atoms. The van der Waals surface area contributed by atoms with Gasteiger partial charge in [0.15, 0.2) is 0 Å². The van der Waals surface area contributed by atoms with Crippen molar-refractivity contribution < 1.29 is 14.7 Å². The molecule has 0 aliphatic heterocycles. The zero-order valence-corrected chi connectivity index (χ0v) is 11.4. The second-order valence-electron chi connectivity index (χ2n) is 5.16. The van der Waals surface area contributed by atoms with Gasteiger partial charge >= 0.3 is 5.97 Å². The van der Waals surface area contributed by atoms with E-state index in [1.807, 2.05) is 29.8 Å². The van der Waals surface area contributed by atoms with Crippen LogP contribution in [0, 0.1) is 11.8 Å². The molecule has 3 atom stereocenters. The Morgan fingerprint density at radius 1 is 1.40 bits per heavy atom. The molecule has 0 saturated heterocycles. The Balaban J connectivity index is 1.93. The number of hydrogen-bond donors (Lipinski definition) is 2. The summed E-state index contributed by atoms with van der Waals surface area (Å²) in [6.45, 7) is 2.51. The van der Waals surface area contributed by atoms with E-state index in [1.165, 1.54) is 0 Å². The first-order chi connectivity index (χ1) is 9.58. The van der Waals surface area contributed by atoms with Gasteiger partial charge in [0.2, 0.25) is 5.91 Å². The maximum Gasteiger partial charge on any atom is 0.307 e. The van der Waals surface area contributed by atoms with Gasteiger partial charge in [-0.05, 0) is 19.8 Å². The first kappa shape index (κ1) is 14.3. The highest BCUT2D eigenvalue weighted by Gasteiger charge is 2.34. The molecule has 1 aromatic rings. The molecule has 6 heteroatoms. The van der Waals surface area contributed by atoms with Gasteiger partial charge in [-0.1, -0.05) is 12.2 Å². The molecule has 1 aliphatic rings. The second-order valence-corrected chi connectivity index (χ2v) is 5.16. The van der Waals surface area contributed by atoms with Crippen LogP contribution in [-0.4, -0.2) is 32.6 Å². The third-order valence-corrected chi connectivity index (χ3v) is 3.52. The van der Waals surface area contributed by atoms with Crippen molar-refractivity contribution in [3.8, 4) is 0 Å². The third kappa shape index (κ3) is 3.46. The number of imidazole rings is 1. The Hall–Kier alpha value is -2.11. The van der Waals surface area contributed by atoms with Gasteiger partial charge < -0.3 is 15.0 Å². The highest BCUT2D eigenvalue weighted by molar-refractivity contribution is 5.85. The standard InChI is InChI=1S/C14H19N3O3/c1-10(8-17-7-6-15-9-17)16-13(18)11-4-2-3-5-12(11)14(19)20/h2-3,6-7,9-12H,4-5,8H2,1H3,(H,16,18)(H,19,20). The fraction of sp³-hybridized carbons (Fsp3) is 0.500. The molecular weight excluding hydrogens is 258 g/mol. The molecule has 1 amide bonds. The van der Waals surface area contributed by atoms with Crippen LogP contribution in [0.1, 0.15) is 19.8 Å². The molecule has 0 radical (unpaired) electrons. The number of rotatable bonds is 5. The van der Waals surface area contributed by atoms with Gasteiger partial charge in [0, 0.05) is 25.0 Å². The van der Waals surface area contributed by atoms with E-state index in [0.29, 0.717) is 19.4 Å². The number of amides is 1. The molecule has 0 spiro atoms. The van der Waals surface area contributed by atoms with Crippen molar-refractivity contribution in [1.82, 2.24) is 14.9 Å². The van der Waals surface area contributed by atoms with Gasteiger partial charge in [0.25, 0.3) is 0 Å². The minimum absolute atomic E-state index is 0.0722. The van der Waals surface area contributed by atoms with Crippen LogP contribution in [0.25, 0.3) is 0 Å². The fourth-order valence-corrected chi connectivity index (χ4v) is 2.48. The summed E-state index contributed by atoms with van der Waals surface area (Å²) in [4.78, 5) is 27.3. The maximum absolute atomic E-state index is 12.2.